The number of alkyl halides is 3. The van der Waals surface area contributed by atoms with Crippen molar-refractivity contribution in [1.82, 2.24) is 10.4 Å². The summed E-state index contributed by atoms with van der Waals surface area (Å²) in [6.07, 6.45) is -4.43. The van der Waals surface area contributed by atoms with Crippen LogP contribution >= 0.6 is 23.2 Å². The average molecular weight is 545 g/mol. The maximum Gasteiger partial charge on any atom is 0.428 e. The monoisotopic (exact) mass is 544 g/mol. The number of nitrogens with zero attached hydrogens (tertiary/aromatic N) is 1. The van der Waals surface area contributed by atoms with Gasteiger partial charge in [0.2, 0.25) is 5.60 Å². The summed E-state index contributed by atoms with van der Waals surface area (Å²) < 4.78 is 53.0. The number of rotatable bonds is 4. The van der Waals surface area contributed by atoms with Gasteiger partial charge in [0.1, 0.15) is 6.23 Å². The van der Waals surface area contributed by atoms with Crippen LogP contribution in [-0.4, -0.2) is 43.0 Å². The molecule has 1 saturated heterocycles. The number of methoxy groups -OCH3 is 1. The van der Waals surface area contributed by atoms with Crippen molar-refractivity contribution in [3.8, 4) is 0 Å². The van der Waals surface area contributed by atoms with Crippen molar-refractivity contribution >= 4 is 40.9 Å². The maximum absolute atomic E-state index is 14.2. The average Bonchev–Trinajstić information content (AvgIpc) is 3.49. The number of imide groups is 1. The van der Waals surface area contributed by atoms with Gasteiger partial charge in [-0.3, -0.25) is 15.1 Å². The highest BCUT2D eigenvalue weighted by molar-refractivity contribution is 6.34. The maximum atomic E-state index is 14.2. The molecule has 0 saturated carbocycles. The van der Waals surface area contributed by atoms with Crippen LogP contribution in [0.5, 0.6) is 0 Å². The molecule has 1 N–H and O–H groups in total. The summed E-state index contributed by atoms with van der Waals surface area (Å²) in [6.45, 7) is 2.01. The quantitative estimate of drug-likeness (QED) is 0.510. The molecule has 0 aliphatic carbocycles. The predicted molar refractivity (Wildman–Crippen MR) is 125 cm³/mol. The Hall–Kier alpha value is -2.79. The summed E-state index contributed by atoms with van der Waals surface area (Å²) in [6, 6.07) is 7.95. The molecule has 36 heavy (non-hydrogen) atoms. The standard InChI is InChI=1S/C24H21Cl2F3N2O5/c1-13-8-14(5-6-18(13)21(32)31(22(33)34-2)20-4-3-7-35-20)19-12-23(36-30-19,24(27,28)29)15-9-16(25)11-17(26)10-15/h5-6,8-12,20,30H,3-4,7H2,1-2H3. The molecule has 2 heterocycles. The second kappa shape index (κ2) is 9.93. The van der Waals surface area contributed by atoms with Gasteiger partial charge in [-0.2, -0.15) is 13.2 Å². The lowest BCUT2D eigenvalue weighted by atomic mass is 9.91. The fraction of sp³-hybridized carbons (Fsp3) is 0.333. The smallest absolute Gasteiger partial charge is 0.428 e. The number of ether oxygens (including phenoxy) is 2. The van der Waals surface area contributed by atoms with Crippen molar-refractivity contribution in [1.29, 1.82) is 0 Å². The Balaban J connectivity index is 1.70. The topological polar surface area (TPSA) is 77.1 Å². The van der Waals surface area contributed by atoms with E-state index < -0.39 is 30.0 Å². The summed E-state index contributed by atoms with van der Waals surface area (Å²) >= 11 is 11.9. The molecule has 0 aromatic heterocycles. The van der Waals surface area contributed by atoms with Crippen LogP contribution in [0.1, 0.15) is 39.9 Å². The third-order valence-corrected chi connectivity index (χ3v) is 6.37. The molecule has 2 aliphatic heterocycles. The highest BCUT2D eigenvalue weighted by atomic mass is 35.5. The number of halogens is 5. The molecule has 2 aromatic carbocycles. The van der Waals surface area contributed by atoms with Crippen LogP contribution in [0.15, 0.2) is 42.5 Å². The third-order valence-electron chi connectivity index (χ3n) is 5.93. The third kappa shape index (κ3) is 4.78. The van der Waals surface area contributed by atoms with Gasteiger partial charge in [-0.15, -0.1) is 0 Å². The second-order valence-corrected chi connectivity index (χ2v) is 9.17. The van der Waals surface area contributed by atoms with Crippen molar-refractivity contribution in [2.45, 2.75) is 37.8 Å². The molecule has 2 unspecified atom stereocenters. The Labute approximate surface area is 214 Å². The van der Waals surface area contributed by atoms with E-state index in [9.17, 15) is 22.8 Å². The van der Waals surface area contributed by atoms with Crippen LogP contribution < -0.4 is 5.48 Å². The van der Waals surface area contributed by atoms with Crippen LogP contribution in [0, 0.1) is 6.92 Å². The summed E-state index contributed by atoms with van der Waals surface area (Å²) in [4.78, 5) is 31.5. The van der Waals surface area contributed by atoms with Gasteiger partial charge in [0.15, 0.2) is 0 Å². The molecular weight excluding hydrogens is 524 g/mol. The van der Waals surface area contributed by atoms with Crippen LogP contribution in [0.25, 0.3) is 5.70 Å². The molecule has 0 radical (unpaired) electrons. The normalized spacial score (nSPS) is 21.6. The van der Waals surface area contributed by atoms with Crippen molar-refractivity contribution in [3.05, 3.63) is 74.8 Å². The summed E-state index contributed by atoms with van der Waals surface area (Å²) in [5.74, 6) is -0.638. The lowest BCUT2D eigenvalue weighted by molar-refractivity contribution is -0.269. The molecule has 2 amide bonds. The van der Waals surface area contributed by atoms with Crippen LogP contribution in [0.4, 0.5) is 18.0 Å². The Morgan fingerprint density at radius 1 is 1.17 bits per heavy atom. The van der Waals surface area contributed by atoms with E-state index in [-0.39, 0.29) is 26.9 Å². The highest BCUT2D eigenvalue weighted by Crippen LogP contribution is 2.48. The molecule has 192 valence electrons. The minimum atomic E-state index is -4.86. The number of carbonyl (C=O) groups is 2. The van der Waals surface area contributed by atoms with Crippen molar-refractivity contribution in [2.75, 3.05) is 13.7 Å². The molecule has 7 nitrogen and oxygen atoms in total. The molecular formula is C24H21Cl2F3N2O5. The van der Waals surface area contributed by atoms with Crippen molar-refractivity contribution in [2.24, 2.45) is 0 Å². The van der Waals surface area contributed by atoms with E-state index in [1.165, 1.54) is 24.3 Å². The number of amides is 2. The van der Waals surface area contributed by atoms with Gasteiger partial charge in [0.05, 0.1) is 12.8 Å². The Kier molecular flexibility index (Phi) is 7.25. The fourth-order valence-electron chi connectivity index (χ4n) is 4.15. The molecule has 0 bridgehead atoms. The first-order valence-corrected chi connectivity index (χ1v) is 11.6. The largest absolute Gasteiger partial charge is 0.452 e. The number of nitrogens with one attached hydrogen (secondary N) is 1. The summed E-state index contributed by atoms with van der Waals surface area (Å²) in [5.41, 5.74) is 0.131. The molecule has 2 aromatic rings. The SMILES string of the molecule is COC(=O)N(C(=O)c1ccc(C2=CC(c3cc(Cl)cc(Cl)c3)(C(F)(F)F)ON2)cc1C)C1CCCO1. The minimum Gasteiger partial charge on any atom is -0.452 e. The fourth-order valence-corrected chi connectivity index (χ4v) is 4.67. The molecule has 0 spiro atoms. The first kappa shape index (κ1) is 26.3. The molecule has 1 fully saturated rings. The van der Waals surface area contributed by atoms with E-state index in [1.807, 2.05) is 0 Å². The number of carbonyl (C=O) groups excluding carboxylic acids is 2. The number of hydrogen-bond donors (Lipinski definition) is 1. The number of benzene rings is 2. The first-order valence-electron chi connectivity index (χ1n) is 10.8. The number of hydroxylamine groups is 1. The Morgan fingerprint density at radius 3 is 2.42 bits per heavy atom. The van der Waals surface area contributed by atoms with Gasteiger partial charge in [0, 0.05) is 27.8 Å². The van der Waals surface area contributed by atoms with E-state index in [0.717, 1.165) is 30.2 Å². The minimum absolute atomic E-state index is 0.0201. The predicted octanol–water partition coefficient (Wildman–Crippen LogP) is 5.98. The van der Waals surface area contributed by atoms with Gasteiger partial charge in [-0.1, -0.05) is 29.3 Å². The van der Waals surface area contributed by atoms with Gasteiger partial charge in [-0.05, 0) is 67.3 Å². The van der Waals surface area contributed by atoms with E-state index in [4.69, 9.17) is 37.5 Å². The molecule has 12 heteroatoms. The second-order valence-electron chi connectivity index (χ2n) is 8.30. The zero-order valence-electron chi connectivity index (χ0n) is 19.1. The van der Waals surface area contributed by atoms with E-state index >= 15 is 0 Å². The lowest BCUT2D eigenvalue weighted by Crippen LogP contribution is -2.44. The Morgan fingerprint density at radius 2 is 1.86 bits per heavy atom. The zero-order chi connectivity index (χ0) is 26.3. The van der Waals surface area contributed by atoms with E-state index in [0.29, 0.717) is 30.6 Å². The highest BCUT2D eigenvalue weighted by Gasteiger charge is 2.59. The van der Waals surface area contributed by atoms with Crippen LogP contribution in [-0.2, 0) is 19.9 Å². The van der Waals surface area contributed by atoms with Gasteiger partial charge >= 0.3 is 12.3 Å². The van der Waals surface area contributed by atoms with E-state index in [1.54, 1.807) is 6.92 Å². The number of aryl methyl sites for hydroxylation is 1. The van der Waals surface area contributed by atoms with Crippen LogP contribution in [0.3, 0.4) is 0 Å². The summed E-state index contributed by atoms with van der Waals surface area (Å²) in [7, 11) is 1.16. The zero-order valence-corrected chi connectivity index (χ0v) is 20.6. The van der Waals surface area contributed by atoms with E-state index in [2.05, 4.69) is 5.48 Å². The van der Waals surface area contributed by atoms with Crippen molar-refractivity contribution in [3.63, 3.8) is 0 Å². The van der Waals surface area contributed by atoms with Gasteiger partial charge in [0.25, 0.3) is 5.91 Å². The molecule has 4 rings (SSSR count). The molecule has 2 atom stereocenters. The van der Waals surface area contributed by atoms with Crippen molar-refractivity contribution < 1.29 is 37.1 Å². The first-order chi connectivity index (χ1) is 17.0. The molecule has 2 aliphatic rings. The van der Waals surface area contributed by atoms with Crippen LogP contribution in [0.2, 0.25) is 10.0 Å². The Bertz CT molecular complexity index is 1210. The lowest BCUT2D eigenvalue weighted by Gasteiger charge is -2.28. The van der Waals surface area contributed by atoms with Gasteiger partial charge < -0.3 is 9.47 Å². The number of hydrogen-bond acceptors (Lipinski definition) is 6. The van der Waals surface area contributed by atoms with Gasteiger partial charge in [-0.25, -0.2) is 9.69 Å². The summed E-state index contributed by atoms with van der Waals surface area (Å²) in [5, 5.41) is 0.0402.